The first kappa shape index (κ1) is 10.6. The van der Waals surface area contributed by atoms with Gasteiger partial charge in [0.25, 0.3) is 0 Å². The van der Waals surface area contributed by atoms with Crippen molar-refractivity contribution in [3.05, 3.63) is 47.4 Å². The molecule has 0 spiro atoms. The molecule has 0 atom stereocenters. The van der Waals surface area contributed by atoms with Gasteiger partial charge in [-0.3, -0.25) is 0 Å². The topological polar surface area (TPSA) is 38.9 Å². The van der Waals surface area contributed by atoms with E-state index in [4.69, 9.17) is 5.73 Å². The second-order valence-corrected chi connectivity index (χ2v) is 3.91. The normalized spacial score (nSPS) is 10.4. The van der Waals surface area contributed by atoms with E-state index in [1.165, 1.54) is 6.07 Å². The van der Waals surface area contributed by atoms with E-state index >= 15 is 0 Å². The molecule has 0 aliphatic rings. The number of aromatic nitrogens is 1. The fourth-order valence-electron chi connectivity index (χ4n) is 1.59. The number of halogens is 1. The first-order chi connectivity index (χ1) is 7.58. The summed E-state index contributed by atoms with van der Waals surface area (Å²) in [6, 6.07) is 7.00. The van der Waals surface area contributed by atoms with Crippen molar-refractivity contribution in [3.8, 4) is 11.1 Å². The molecular weight excluding hydrogens is 203 g/mol. The third kappa shape index (κ3) is 1.89. The number of pyridine rings is 1. The molecule has 1 heterocycles. The van der Waals surface area contributed by atoms with Crippen LogP contribution in [0.1, 0.15) is 11.1 Å². The number of nitrogen functional groups attached to an aromatic ring is 1. The molecule has 2 rings (SSSR count). The molecule has 0 aliphatic carbocycles. The average molecular weight is 216 g/mol. The van der Waals surface area contributed by atoms with Crippen LogP contribution >= 0.6 is 0 Å². The minimum atomic E-state index is -0.231. The molecule has 0 unspecified atom stereocenters. The zero-order valence-electron chi connectivity index (χ0n) is 9.29. The Morgan fingerprint density at radius 1 is 1.19 bits per heavy atom. The van der Waals surface area contributed by atoms with Gasteiger partial charge in [-0.2, -0.15) is 0 Å². The number of hydrogen-bond donors (Lipinski definition) is 1. The van der Waals surface area contributed by atoms with E-state index in [1.54, 1.807) is 12.3 Å². The van der Waals surface area contributed by atoms with E-state index in [0.29, 0.717) is 11.4 Å². The predicted molar refractivity (Wildman–Crippen MR) is 63.5 cm³/mol. The van der Waals surface area contributed by atoms with E-state index in [-0.39, 0.29) is 5.82 Å². The molecular formula is C13H13FN2. The number of anilines is 1. The molecule has 0 fully saturated rings. The van der Waals surface area contributed by atoms with E-state index < -0.39 is 0 Å². The van der Waals surface area contributed by atoms with Gasteiger partial charge in [-0.1, -0.05) is 12.1 Å². The Balaban J connectivity index is 2.54. The summed E-state index contributed by atoms with van der Waals surface area (Å²) in [5.74, 6) is 0.252. The summed E-state index contributed by atoms with van der Waals surface area (Å²) in [6.07, 6.45) is 1.59. The van der Waals surface area contributed by atoms with Gasteiger partial charge in [-0.15, -0.1) is 0 Å². The van der Waals surface area contributed by atoms with Gasteiger partial charge >= 0.3 is 0 Å². The third-order valence-corrected chi connectivity index (χ3v) is 2.55. The van der Waals surface area contributed by atoms with Crippen molar-refractivity contribution >= 4 is 5.82 Å². The molecule has 0 bridgehead atoms. The van der Waals surface area contributed by atoms with Crippen LogP contribution in [0.2, 0.25) is 0 Å². The SMILES string of the molecule is Cc1ccc(-c2cnc(N)c(C)c2)c(F)c1. The van der Waals surface area contributed by atoms with E-state index in [1.807, 2.05) is 26.0 Å². The smallest absolute Gasteiger partial charge is 0.131 e. The Labute approximate surface area is 93.9 Å². The Morgan fingerprint density at radius 3 is 2.56 bits per heavy atom. The first-order valence-corrected chi connectivity index (χ1v) is 5.06. The molecule has 2 aromatic rings. The highest BCUT2D eigenvalue weighted by atomic mass is 19.1. The Bertz CT molecular complexity index is 535. The number of nitrogens with zero attached hydrogens (tertiary/aromatic N) is 1. The van der Waals surface area contributed by atoms with Crippen LogP contribution in [0.15, 0.2) is 30.5 Å². The zero-order valence-corrected chi connectivity index (χ0v) is 9.29. The summed E-state index contributed by atoms with van der Waals surface area (Å²) in [4.78, 5) is 4.03. The first-order valence-electron chi connectivity index (χ1n) is 5.06. The average Bonchev–Trinajstić information content (AvgIpc) is 2.22. The van der Waals surface area contributed by atoms with E-state index in [0.717, 1.165) is 16.7 Å². The summed E-state index contributed by atoms with van der Waals surface area (Å²) in [7, 11) is 0. The molecule has 0 amide bonds. The number of rotatable bonds is 1. The molecule has 2 N–H and O–H groups in total. The second-order valence-electron chi connectivity index (χ2n) is 3.91. The quantitative estimate of drug-likeness (QED) is 0.795. The van der Waals surface area contributed by atoms with Crippen LogP contribution in [-0.2, 0) is 0 Å². The second kappa shape index (κ2) is 3.93. The molecule has 0 saturated carbocycles. The summed E-state index contributed by atoms with van der Waals surface area (Å²) in [6.45, 7) is 3.72. The fourth-order valence-corrected chi connectivity index (χ4v) is 1.59. The van der Waals surface area contributed by atoms with Gasteiger partial charge in [0.1, 0.15) is 11.6 Å². The minimum absolute atomic E-state index is 0.231. The monoisotopic (exact) mass is 216 g/mol. The molecule has 3 heteroatoms. The number of aryl methyl sites for hydroxylation is 2. The van der Waals surface area contributed by atoms with Crippen LogP contribution in [-0.4, -0.2) is 4.98 Å². The maximum atomic E-state index is 13.7. The minimum Gasteiger partial charge on any atom is -0.383 e. The highest BCUT2D eigenvalue weighted by molar-refractivity contribution is 5.66. The molecule has 0 radical (unpaired) electrons. The fraction of sp³-hybridized carbons (Fsp3) is 0.154. The molecule has 16 heavy (non-hydrogen) atoms. The maximum Gasteiger partial charge on any atom is 0.131 e. The van der Waals surface area contributed by atoms with Crippen LogP contribution in [0.25, 0.3) is 11.1 Å². The lowest BCUT2D eigenvalue weighted by Gasteiger charge is -2.06. The van der Waals surface area contributed by atoms with Crippen molar-refractivity contribution in [2.24, 2.45) is 0 Å². The predicted octanol–water partition coefficient (Wildman–Crippen LogP) is 3.09. The lowest BCUT2D eigenvalue weighted by Crippen LogP contribution is -1.95. The van der Waals surface area contributed by atoms with Crippen LogP contribution < -0.4 is 5.73 Å². The van der Waals surface area contributed by atoms with E-state index in [9.17, 15) is 4.39 Å². The van der Waals surface area contributed by atoms with Crippen LogP contribution in [0.5, 0.6) is 0 Å². The van der Waals surface area contributed by atoms with Gasteiger partial charge in [-0.25, -0.2) is 9.37 Å². The standard InChI is InChI=1S/C13H13FN2/c1-8-3-4-11(12(14)5-8)10-6-9(2)13(15)16-7-10/h3-7H,1-2H3,(H2,15,16). The van der Waals surface area contributed by atoms with Crippen molar-refractivity contribution in [1.82, 2.24) is 4.98 Å². The van der Waals surface area contributed by atoms with Gasteiger partial charge in [-0.05, 0) is 37.1 Å². The molecule has 0 saturated heterocycles. The zero-order chi connectivity index (χ0) is 11.7. The van der Waals surface area contributed by atoms with Crippen molar-refractivity contribution in [2.45, 2.75) is 13.8 Å². The van der Waals surface area contributed by atoms with E-state index in [2.05, 4.69) is 4.98 Å². The van der Waals surface area contributed by atoms with Gasteiger partial charge < -0.3 is 5.73 Å². The Hall–Kier alpha value is -1.90. The van der Waals surface area contributed by atoms with Gasteiger partial charge in [0.2, 0.25) is 0 Å². The number of benzene rings is 1. The van der Waals surface area contributed by atoms with Gasteiger partial charge in [0.15, 0.2) is 0 Å². The van der Waals surface area contributed by atoms with Crippen LogP contribution in [0.4, 0.5) is 10.2 Å². The molecule has 1 aromatic heterocycles. The summed E-state index contributed by atoms with van der Waals surface area (Å²) < 4.78 is 13.7. The molecule has 2 nitrogen and oxygen atoms in total. The Kier molecular flexibility index (Phi) is 2.60. The van der Waals surface area contributed by atoms with Crippen LogP contribution in [0.3, 0.4) is 0 Å². The van der Waals surface area contributed by atoms with Crippen molar-refractivity contribution in [3.63, 3.8) is 0 Å². The maximum absolute atomic E-state index is 13.7. The molecule has 0 aliphatic heterocycles. The highest BCUT2D eigenvalue weighted by Gasteiger charge is 2.06. The highest BCUT2D eigenvalue weighted by Crippen LogP contribution is 2.24. The van der Waals surface area contributed by atoms with Gasteiger partial charge in [0, 0.05) is 17.3 Å². The molecule has 1 aromatic carbocycles. The molecule has 82 valence electrons. The lowest BCUT2D eigenvalue weighted by atomic mass is 10.0. The summed E-state index contributed by atoms with van der Waals surface area (Å²) in [5.41, 5.74) is 8.70. The van der Waals surface area contributed by atoms with Crippen molar-refractivity contribution < 1.29 is 4.39 Å². The van der Waals surface area contributed by atoms with Crippen LogP contribution in [0, 0.1) is 19.7 Å². The summed E-state index contributed by atoms with van der Waals surface area (Å²) >= 11 is 0. The number of nitrogens with two attached hydrogens (primary N) is 1. The third-order valence-electron chi connectivity index (χ3n) is 2.55. The largest absolute Gasteiger partial charge is 0.383 e. The van der Waals surface area contributed by atoms with Gasteiger partial charge in [0.05, 0.1) is 0 Å². The Morgan fingerprint density at radius 2 is 1.94 bits per heavy atom. The summed E-state index contributed by atoms with van der Waals surface area (Å²) in [5, 5.41) is 0. The lowest BCUT2D eigenvalue weighted by molar-refractivity contribution is 0.630. The van der Waals surface area contributed by atoms with Crippen molar-refractivity contribution in [1.29, 1.82) is 0 Å². The number of hydrogen-bond acceptors (Lipinski definition) is 2. The van der Waals surface area contributed by atoms with Crippen molar-refractivity contribution in [2.75, 3.05) is 5.73 Å².